The first-order valence-electron chi connectivity index (χ1n) is 7.42. The predicted octanol–water partition coefficient (Wildman–Crippen LogP) is 3.57. The van der Waals surface area contributed by atoms with Gasteiger partial charge in [-0.1, -0.05) is 32.9 Å². The van der Waals surface area contributed by atoms with Crippen LogP contribution in [0.4, 0.5) is 10.1 Å². The van der Waals surface area contributed by atoms with Crippen molar-refractivity contribution in [2.24, 2.45) is 0 Å². The molecule has 1 N–H and O–H groups in total. The van der Waals surface area contributed by atoms with E-state index in [1.807, 2.05) is 12.1 Å². The van der Waals surface area contributed by atoms with E-state index in [9.17, 15) is 4.39 Å². The molecule has 0 amide bonds. The first-order chi connectivity index (χ1) is 9.15. The van der Waals surface area contributed by atoms with Gasteiger partial charge in [0, 0.05) is 24.7 Å². The smallest absolute Gasteiger partial charge is 0.146 e. The fraction of sp³-hybridized carbons (Fsp3) is 0.625. The summed E-state index contributed by atoms with van der Waals surface area (Å²) in [5, 5.41) is 3.69. The monoisotopic (exact) mass is 264 g/mol. The Labute approximate surface area is 116 Å². The molecule has 1 aromatic carbocycles. The van der Waals surface area contributed by atoms with Gasteiger partial charge in [-0.05, 0) is 31.4 Å². The summed E-state index contributed by atoms with van der Waals surface area (Å²) >= 11 is 0. The van der Waals surface area contributed by atoms with Crippen molar-refractivity contribution in [2.75, 3.05) is 18.0 Å². The van der Waals surface area contributed by atoms with Gasteiger partial charge in [0.25, 0.3) is 0 Å². The molecule has 0 saturated carbocycles. The highest BCUT2D eigenvalue weighted by Crippen LogP contribution is 2.30. The lowest BCUT2D eigenvalue weighted by Gasteiger charge is -2.48. The van der Waals surface area contributed by atoms with Crippen molar-refractivity contribution in [3.63, 3.8) is 0 Å². The minimum absolute atomic E-state index is 0.107. The number of nitrogens with one attached hydrogen (secondary N) is 1. The Morgan fingerprint density at radius 2 is 1.95 bits per heavy atom. The molecule has 1 heterocycles. The summed E-state index contributed by atoms with van der Waals surface area (Å²) in [6.45, 7) is 8.42. The Morgan fingerprint density at radius 3 is 2.53 bits per heavy atom. The maximum atomic E-state index is 14.1. The number of anilines is 1. The third kappa shape index (κ3) is 2.76. The van der Waals surface area contributed by atoms with Gasteiger partial charge < -0.3 is 10.2 Å². The van der Waals surface area contributed by atoms with Gasteiger partial charge in [0.15, 0.2) is 0 Å². The lowest BCUT2D eigenvalue weighted by Crippen LogP contribution is -2.64. The van der Waals surface area contributed by atoms with Crippen LogP contribution in [0.25, 0.3) is 0 Å². The van der Waals surface area contributed by atoms with Crippen LogP contribution in [0.3, 0.4) is 0 Å². The van der Waals surface area contributed by atoms with Crippen LogP contribution in [0.1, 0.15) is 40.0 Å². The van der Waals surface area contributed by atoms with Gasteiger partial charge in [0.2, 0.25) is 0 Å². The quantitative estimate of drug-likeness (QED) is 0.894. The number of hydrogen-bond donors (Lipinski definition) is 1. The minimum Gasteiger partial charge on any atom is -0.363 e. The molecule has 0 spiro atoms. The molecule has 1 unspecified atom stereocenters. The van der Waals surface area contributed by atoms with Gasteiger partial charge in [-0.2, -0.15) is 0 Å². The molecule has 0 aliphatic carbocycles. The van der Waals surface area contributed by atoms with E-state index in [2.05, 4.69) is 31.0 Å². The fourth-order valence-corrected chi connectivity index (χ4v) is 3.01. The van der Waals surface area contributed by atoms with Gasteiger partial charge in [-0.25, -0.2) is 4.39 Å². The molecule has 1 atom stereocenters. The normalized spacial score (nSPS) is 22.5. The van der Waals surface area contributed by atoms with Crippen molar-refractivity contribution in [3.05, 3.63) is 30.1 Å². The molecule has 0 bridgehead atoms. The molecule has 1 aromatic rings. The highest BCUT2D eigenvalue weighted by atomic mass is 19.1. The summed E-state index contributed by atoms with van der Waals surface area (Å²) in [5.74, 6) is -0.107. The molecular formula is C16H25FN2. The van der Waals surface area contributed by atoms with E-state index in [0.29, 0.717) is 6.04 Å². The third-order valence-corrected chi connectivity index (χ3v) is 4.61. The van der Waals surface area contributed by atoms with Crippen LogP contribution in [0.5, 0.6) is 0 Å². The number of para-hydroxylation sites is 1. The Morgan fingerprint density at radius 1 is 1.26 bits per heavy atom. The minimum atomic E-state index is -0.107. The Balaban J connectivity index is 2.31. The van der Waals surface area contributed by atoms with Crippen LogP contribution in [0.15, 0.2) is 24.3 Å². The molecule has 2 rings (SSSR count). The van der Waals surface area contributed by atoms with Crippen molar-refractivity contribution in [3.8, 4) is 0 Å². The van der Waals surface area contributed by atoms with E-state index in [0.717, 1.165) is 38.0 Å². The molecule has 1 aliphatic heterocycles. The fourth-order valence-electron chi connectivity index (χ4n) is 3.01. The van der Waals surface area contributed by atoms with Crippen LogP contribution in [0.2, 0.25) is 0 Å². The zero-order valence-corrected chi connectivity index (χ0v) is 12.2. The average Bonchev–Trinajstić information content (AvgIpc) is 2.47. The molecule has 0 aromatic heterocycles. The molecule has 2 nitrogen and oxygen atoms in total. The van der Waals surface area contributed by atoms with E-state index >= 15 is 0 Å². The molecule has 1 fully saturated rings. The summed E-state index contributed by atoms with van der Waals surface area (Å²) in [6, 6.07) is 7.52. The topological polar surface area (TPSA) is 15.3 Å². The Bertz CT molecular complexity index is 415. The van der Waals surface area contributed by atoms with Crippen molar-refractivity contribution in [1.82, 2.24) is 5.32 Å². The van der Waals surface area contributed by atoms with Crippen LogP contribution >= 0.6 is 0 Å². The molecular weight excluding hydrogens is 239 g/mol. The van der Waals surface area contributed by atoms with Crippen LogP contribution < -0.4 is 10.2 Å². The van der Waals surface area contributed by atoms with Crippen molar-refractivity contribution < 1.29 is 4.39 Å². The number of benzene rings is 1. The number of nitrogens with zero attached hydrogens (tertiary/aromatic N) is 1. The second kappa shape index (κ2) is 5.91. The predicted molar refractivity (Wildman–Crippen MR) is 79.1 cm³/mol. The highest BCUT2D eigenvalue weighted by molar-refractivity contribution is 5.50. The van der Waals surface area contributed by atoms with Gasteiger partial charge in [0.1, 0.15) is 5.82 Å². The maximum absolute atomic E-state index is 14.1. The zero-order chi connectivity index (χ0) is 13.9. The van der Waals surface area contributed by atoms with Crippen molar-refractivity contribution in [2.45, 2.75) is 51.6 Å². The molecule has 19 heavy (non-hydrogen) atoms. The second-order valence-electron chi connectivity index (χ2n) is 5.51. The Hall–Kier alpha value is -1.09. The van der Waals surface area contributed by atoms with Gasteiger partial charge in [-0.15, -0.1) is 0 Å². The van der Waals surface area contributed by atoms with Crippen molar-refractivity contribution >= 4 is 5.69 Å². The number of piperazine rings is 1. The first-order valence-corrected chi connectivity index (χ1v) is 7.42. The zero-order valence-electron chi connectivity index (χ0n) is 12.2. The molecule has 106 valence electrons. The molecule has 1 aliphatic rings. The van der Waals surface area contributed by atoms with E-state index in [1.54, 1.807) is 12.1 Å². The SMILES string of the molecule is CCC1CNC(CC)(CC)CN1c1ccccc1F. The van der Waals surface area contributed by atoms with Crippen molar-refractivity contribution in [1.29, 1.82) is 0 Å². The number of hydrogen-bond acceptors (Lipinski definition) is 2. The highest BCUT2D eigenvalue weighted by Gasteiger charge is 2.36. The molecule has 3 heteroatoms. The standard InChI is InChI=1S/C16H25FN2/c1-4-13-11-18-16(5-2,6-3)12-19(13)15-10-8-7-9-14(15)17/h7-10,13,18H,4-6,11-12H2,1-3H3. The molecule has 1 saturated heterocycles. The van der Waals surface area contributed by atoms with Crippen LogP contribution in [0, 0.1) is 5.82 Å². The van der Waals surface area contributed by atoms with Crippen LogP contribution in [-0.4, -0.2) is 24.7 Å². The lowest BCUT2D eigenvalue weighted by molar-refractivity contribution is 0.245. The number of halogens is 1. The first kappa shape index (κ1) is 14.3. The van der Waals surface area contributed by atoms with Gasteiger partial charge >= 0.3 is 0 Å². The molecule has 0 radical (unpaired) electrons. The average molecular weight is 264 g/mol. The summed E-state index contributed by atoms with van der Waals surface area (Å²) in [7, 11) is 0. The maximum Gasteiger partial charge on any atom is 0.146 e. The van der Waals surface area contributed by atoms with E-state index in [4.69, 9.17) is 0 Å². The summed E-state index contributed by atoms with van der Waals surface area (Å²) in [4.78, 5) is 2.26. The number of rotatable bonds is 4. The second-order valence-corrected chi connectivity index (χ2v) is 5.51. The summed E-state index contributed by atoms with van der Waals surface area (Å²) in [5.41, 5.74) is 0.871. The Kier molecular flexibility index (Phi) is 4.46. The largest absolute Gasteiger partial charge is 0.363 e. The van der Waals surface area contributed by atoms with E-state index < -0.39 is 0 Å². The van der Waals surface area contributed by atoms with Gasteiger partial charge in [-0.3, -0.25) is 0 Å². The lowest BCUT2D eigenvalue weighted by atomic mass is 9.87. The van der Waals surface area contributed by atoms with E-state index in [-0.39, 0.29) is 11.4 Å². The van der Waals surface area contributed by atoms with E-state index in [1.165, 1.54) is 0 Å². The summed E-state index contributed by atoms with van der Waals surface area (Å²) in [6.07, 6.45) is 3.18. The van der Waals surface area contributed by atoms with Gasteiger partial charge in [0.05, 0.1) is 5.69 Å². The summed E-state index contributed by atoms with van der Waals surface area (Å²) < 4.78 is 14.1. The third-order valence-electron chi connectivity index (χ3n) is 4.61. The van der Waals surface area contributed by atoms with Crippen LogP contribution in [-0.2, 0) is 0 Å².